The van der Waals surface area contributed by atoms with Crippen LogP contribution in [0.15, 0.2) is 29.2 Å². The zero-order valence-corrected chi connectivity index (χ0v) is 10.8. The fourth-order valence-corrected chi connectivity index (χ4v) is 3.40. The summed E-state index contributed by atoms with van der Waals surface area (Å²) in [4.78, 5) is 9.85. The fraction of sp³-hybridized carbons (Fsp3) is 0.455. The summed E-state index contributed by atoms with van der Waals surface area (Å²) in [5.74, 6) is 0. The van der Waals surface area contributed by atoms with Crippen LogP contribution in [0.1, 0.15) is 19.3 Å². The predicted octanol–water partition coefficient (Wildman–Crippen LogP) is 0.787. The van der Waals surface area contributed by atoms with Gasteiger partial charge >= 0.3 is 0 Å². The van der Waals surface area contributed by atoms with Crippen molar-refractivity contribution in [3.05, 3.63) is 34.4 Å². The van der Waals surface area contributed by atoms with Gasteiger partial charge in [0, 0.05) is 18.2 Å². The van der Waals surface area contributed by atoms with Gasteiger partial charge in [-0.2, -0.15) is 0 Å². The van der Waals surface area contributed by atoms with Crippen molar-refractivity contribution >= 4 is 15.7 Å². The molecule has 0 radical (unpaired) electrons. The molecule has 0 spiro atoms. The molecule has 0 amide bonds. The molecule has 2 atom stereocenters. The van der Waals surface area contributed by atoms with Gasteiger partial charge in [0.25, 0.3) is 5.69 Å². The number of nitro groups is 1. The molecule has 8 heteroatoms. The Morgan fingerprint density at radius 1 is 1.26 bits per heavy atom. The van der Waals surface area contributed by atoms with Crippen molar-refractivity contribution in [2.24, 2.45) is 0 Å². The third-order valence-corrected chi connectivity index (χ3v) is 4.65. The van der Waals surface area contributed by atoms with E-state index >= 15 is 0 Å². The molecule has 1 saturated carbocycles. The van der Waals surface area contributed by atoms with Gasteiger partial charge in [0.15, 0.2) is 0 Å². The second-order valence-electron chi connectivity index (χ2n) is 4.48. The first-order chi connectivity index (χ1) is 8.90. The molecule has 2 unspecified atom stereocenters. The third kappa shape index (κ3) is 3.09. The normalized spacial score (nSPS) is 23.4. The summed E-state index contributed by atoms with van der Waals surface area (Å²) in [6, 6.07) is 4.16. The Balaban J connectivity index is 2.17. The summed E-state index contributed by atoms with van der Waals surface area (Å²) in [5.41, 5.74) is -0.167. The zero-order chi connectivity index (χ0) is 14.0. The lowest BCUT2D eigenvalue weighted by Gasteiger charge is -2.16. The van der Waals surface area contributed by atoms with Crippen molar-refractivity contribution in [1.82, 2.24) is 4.72 Å². The molecule has 1 fully saturated rings. The van der Waals surface area contributed by atoms with Crippen LogP contribution in [0.4, 0.5) is 5.69 Å². The number of sulfonamides is 1. The van der Waals surface area contributed by atoms with Crippen LogP contribution in [-0.2, 0) is 10.0 Å². The van der Waals surface area contributed by atoms with E-state index in [2.05, 4.69) is 4.72 Å². The van der Waals surface area contributed by atoms with E-state index in [1.807, 2.05) is 0 Å². The van der Waals surface area contributed by atoms with Crippen molar-refractivity contribution in [1.29, 1.82) is 0 Å². The minimum absolute atomic E-state index is 0.0443. The molecule has 0 aliphatic heterocycles. The van der Waals surface area contributed by atoms with Crippen LogP contribution in [0.2, 0.25) is 0 Å². The molecule has 1 aliphatic carbocycles. The van der Waals surface area contributed by atoms with Crippen LogP contribution in [0.25, 0.3) is 0 Å². The van der Waals surface area contributed by atoms with Gasteiger partial charge in [0.1, 0.15) is 0 Å². The number of rotatable bonds is 4. The van der Waals surface area contributed by atoms with Crippen LogP contribution >= 0.6 is 0 Å². The van der Waals surface area contributed by atoms with Gasteiger partial charge in [0.05, 0.1) is 15.9 Å². The fourth-order valence-electron chi connectivity index (χ4n) is 2.09. The summed E-state index contributed by atoms with van der Waals surface area (Å²) in [7, 11) is -3.75. The minimum atomic E-state index is -3.75. The topological polar surface area (TPSA) is 110 Å². The number of nitrogens with one attached hydrogen (secondary N) is 1. The molecule has 0 heterocycles. The van der Waals surface area contributed by atoms with Crippen molar-refractivity contribution in [3.63, 3.8) is 0 Å². The largest absolute Gasteiger partial charge is 0.391 e. The van der Waals surface area contributed by atoms with Gasteiger partial charge in [-0.05, 0) is 31.4 Å². The van der Waals surface area contributed by atoms with Crippen LogP contribution in [-0.4, -0.2) is 30.6 Å². The van der Waals surface area contributed by atoms with E-state index in [4.69, 9.17) is 0 Å². The maximum absolute atomic E-state index is 12.0. The van der Waals surface area contributed by atoms with Crippen molar-refractivity contribution in [2.75, 3.05) is 0 Å². The van der Waals surface area contributed by atoms with Gasteiger partial charge < -0.3 is 5.11 Å². The van der Waals surface area contributed by atoms with E-state index in [0.717, 1.165) is 18.6 Å². The smallest absolute Gasteiger partial charge is 0.269 e. The van der Waals surface area contributed by atoms with E-state index in [1.54, 1.807) is 0 Å². The van der Waals surface area contributed by atoms with E-state index in [9.17, 15) is 23.6 Å². The number of non-ortho nitro benzene ring substituents is 1. The number of aliphatic hydroxyl groups is 1. The molecule has 1 aliphatic rings. The van der Waals surface area contributed by atoms with E-state index in [1.165, 1.54) is 12.1 Å². The summed E-state index contributed by atoms with van der Waals surface area (Å²) >= 11 is 0. The quantitative estimate of drug-likeness (QED) is 0.628. The van der Waals surface area contributed by atoms with Crippen LogP contribution in [0.3, 0.4) is 0 Å². The Bertz CT molecular complexity index is 569. The average molecular weight is 286 g/mol. The lowest BCUT2D eigenvalue weighted by molar-refractivity contribution is -0.384. The summed E-state index contributed by atoms with van der Waals surface area (Å²) < 4.78 is 26.5. The molecule has 2 N–H and O–H groups in total. The Morgan fingerprint density at radius 2 is 1.89 bits per heavy atom. The van der Waals surface area contributed by atoms with Crippen molar-refractivity contribution in [3.8, 4) is 0 Å². The molecule has 0 bridgehead atoms. The van der Waals surface area contributed by atoms with Gasteiger partial charge in [-0.15, -0.1) is 0 Å². The SMILES string of the molecule is O=[N+]([O-])c1ccc(S(=O)(=O)NC2CCCC2O)cc1. The van der Waals surface area contributed by atoms with Crippen molar-refractivity contribution < 1.29 is 18.4 Å². The Hall–Kier alpha value is -1.51. The minimum Gasteiger partial charge on any atom is -0.391 e. The Kier molecular flexibility index (Phi) is 3.83. The lowest BCUT2D eigenvalue weighted by atomic mass is 10.2. The maximum atomic E-state index is 12.0. The zero-order valence-electron chi connectivity index (χ0n) is 10.0. The second kappa shape index (κ2) is 5.24. The van der Waals surface area contributed by atoms with Crippen molar-refractivity contribution in [2.45, 2.75) is 36.3 Å². The number of benzene rings is 1. The maximum Gasteiger partial charge on any atom is 0.269 e. The van der Waals surface area contributed by atoms with E-state index < -0.39 is 27.1 Å². The molecule has 0 saturated heterocycles. The van der Waals surface area contributed by atoms with Gasteiger partial charge in [-0.3, -0.25) is 10.1 Å². The molecular formula is C11H14N2O5S. The van der Waals surface area contributed by atoms with Gasteiger partial charge in [0.2, 0.25) is 10.0 Å². The summed E-state index contributed by atoms with van der Waals surface area (Å²) in [6.45, 7) is 0. The number of hydrogen-bond donors (Lipinski definition) is 2. The van der Waals surface area contributed by atoms with Gasteiger partial charge in [-0.1, -0.05) is 0 Å². The lowest BCUT2D eigenvalue weighted by Crippen LogP contribution is -2.39. The highest BCUT2D eigenvalue weighted by Crippen LogP contribution is 2.22. The third-order valence-electron chi connectivity index (χ3n) is 3.14. The molecule has 19 heavy (non-hydrogen) atoms. The van der Waals surface area contributed by atoms with Crippen LogP contribution in [0.5, 0.6) is 0 Å². The molecule has 104 valence electrons. The molecule has 2 rings (SSSR count). The highest BCUT2D eigenvalue weighted by molar-refractivity contribution is 7.89. The molecule has 7 nitrogen and oxygen atoms in total. The molecular weight excluding hydrogens is 272 g/mol. The number of hydrogen-bond acceptors (Lipinski definition) is 5. The van der Waals surface area contributed by atoms with Crippen LogP contribution in [0, 0.1) is 10.1 Å². The molecule has 0 aromatic heterocycles. The number of aliphatic hydroxyl groups excluding tert-OH is 1. The molecule has 1 aromatic rings. The average Bonchev–Trinajstić information content (AvgIpc) is 2.74. The first-order valence-electron chi connectivity index (χ1n) is 5.85. The Morgan fingerprint density at radius 3 is 2.37 bits per heavy atom. The standard InChI is InChI=1S/C11H14N2O5S/c14-11-3-1-2-10(11)12-19(17,18)9-6-4-8(5-7-9)13(15)16/h4-7,10-12,14H,1-3H2. The predicted molar refractivity (Wildman–Crippen MR) is 67.1 cm³/mol. The highest BCUT2D eigenvalue weighted by Gasteiger charge is 2.29. The monoisotopic (exact) mass is 286 g/mol. The van der Waals surface area contributed by atoms with E-state index in [-0.39, 0.29) is 10.6 Å². The van der Waals surface area contributed by atoms with Gasteiger partial charge in [-0.25, -0.2) is 13.1 Å². The van der Waals surface area contributed by atoms with Crippen LogP contribution < -0.4 is 4.72 Å². The molecule has 1 aromatic carbocycles. The summed E-state index contributed by atoms with van der Waals surface area (Å²) in [5, 5.41) is 20.1. The summed E-state index contributed by atoms with van der Waals surface area (Å²) in [6.07, 6.45) is 1.27. The second-order valence-corrected chi connectivity index (χ2v) is 6.19. The number of nitro benzene ring substituents is 1. The van der Waals surface area contributed by atoms with E-state index in [0.29, 0.717) is 12.8 Å². The number of nitrogens with zero attached hydrogens (tertiary/aromatic N) is 1. The first kappa shape index (κ1) is 13.9. The highest BCUT2D eigenvalue weighted by atomic mass is 32.2. The first-order valence-corrected chi connectivity index (χ1v) is 7.33. The Labute approximate surface area is 110 Å².